The number of fused-ring (bicyclic) bond motifs is 1. The molecule has 0 aliphatic carbocycles. The van der Waals surface area contributed by atoms with Gasteiger partial charge in [-0.1, -0.05) is 42.5 Å². The van der Waals surface area contributed by atoms with E-state index in [2.05, 4.69) is 51.2 Å². The fourth-order valence-electron chi connectivity index (χ4n) is 5.28. The first-order chi connectivity index (χ1) is 15.3. The summed E-state index contributed by atoms with van der Waals surface area (Å²) in [6, 6.07) is 18.8. The van der Waals surface area contributed by atoms with E-state index in [9.17, 15) is 4.79 Å². The fourth-order valence-corrected chi connectivity index (χ4v) is 5.28. The average molecular weight is 414 g/mol. The van der Waals surface area contributed by atoms with Crippen LogP contribution in [0.4, 0.5) is 0 Å². The summed E-state index contributed by atoms with van der Waals surface area (Å²) in [6.45, 7) is 4.88. The van der Waals surface area contributed by atoms with Crippen molar-refractivity contribution in [3.8, 4) is 0 Å². The van der Waals surface area contributed by atoms with Crippen molar-refractivity contribution >= 4 is 16.8 Å². The van der Waals surface area contributed by atoms with Crippen LogP contribution in [-0.2, 0) is 13.0 Å². The number of piperidine rings is 1. The molecule has 2 fully saturated rings. The summed E-state index contributed by atoms with van der Waals surface area (Å²) in [5.41, 5.74) is 4.47. The van der Waals surface area contributed by atoms with Crippen LogP contribution in [-0.4, -0.2) is 46.9 Å². The third kappa shape index (κ3) is 4.49. The Morgan fingerprint density at radius 3 is 2.61 bits per heavy atom. The molecule has 31 heavy (non-hydrogen) atoms. The molecular weight excluding hydrogens is 382 g/mol. The molecule has 2 aromatic carbocycles. The summed E-state index contributed by atoms with van der Waals surface area (Å²) in [6.07, 6.45) is 7.64. The topological polar surface area (TPSA) is 36.4 Å². The van der Waals surface area contributed by atoms with E-state index < -0.39 is 0 Å². The largest absolute Gasteiger partial charge is 0.338 e. The molecule has 0 N–H and O–H groups in total. The highest BCUT2D eigenvalue weighted by Crippen LogP contribution is 2.26. The molecule has 1 unspecified atom stereocenters. The summed E-state index contributed by atoms with van der Waals surface area (Å²) < 4.78 is 0. The molecule has 2 aliphatic rings. The van der Waals surface area contributed by atoms with Crippen LogP contribution in [0, 0.1) is 5.92 Å². The van der Waals surface area contributed by atoms with Crippen molar-refractivity contribution < 1.29 is 4.79 Å². The molecule has 1 atom stereocenters. The number of likely N-dealkylation sites (tertiary alicyclic amines) is 2. The molecule has 1 aromatic heterocycles. The highest BCUT2D eigenvalue weighted by Gasteiger charge is 2.27. The molecule has 5 rings (SSSR count). The molecule has 0 spiro atoms. The normalized spacial score (nSPS) is 19.7. The van der Waals surface area contributed by atoms with Crippen LogP contribution in [0.2, 0.25) is 0 Å². The first-order valence-electron chi connectivity index (χ1n) is 11.7. The summed E-state index contributed by atoms with van der Waals surface area (Å²) in [5.74, 6) is 0.687. The molecule has 4 heteroatoms. The Kier molecular flexibility index (Phi) is 5.99. The van der Waals surface area contributed by atoms with Gasteiger partial charge in [-0.25, -0.2) is 0 Å². The Morgan fingerprint density at radius 1 is 0.903 bits per heavy atom. The zero-order chi connectivity index (χ0) is 21.0. The summed E-state index contributed by atoms with van der Waals surface area (Å²) in [7, 11) is 0. The van der Waals surface area contributed by atoms with Crippen molar-refractivity contribution in [1.82, 2.24) is 14.8 Å². The van der Waals surface area contributed by atoms with Gasteiger partial charge in [0.1, 0.15) is 0 Å². The van der Waals surface area contributed by atoms with Crippen molar-refractivity contribution in [1.29, 1.82) is 0 Å². The molecule has 2 aliphatic heterocycles. The highest BCUT2D eigenvalue weighted by molar-refractivity contribution is 5.95. The van der Waals surface area contributed by atoms with E-state index in [1.165, 1.54) is 35.8 Å². The summed E-state index contributed by atoms with van der Waals surface area (Å²) in [4.78, 5) is 22.7. The van der Waals surface area contributed by atoms with Gasteiger partial charge in [-0.3, -0.25) is 14.7 Å². The average Bonchev–Trinajstić information content (AvgIpc) is 3.33. The predicted octanol–water partition coefficient (Wildman–Crippen LogP) is 4.93. The maximum atomic E-state index is 13.5. The standard InChI is InChI=1S/C27H31N3O/c31-27(25-13-2-1-9-24(25)20-29-15-3-4-16-29)30-17-7-8-21(19-30)18-23-11-5-10-22-12-6-14-28-26(22)23/h1-2,5-6,9-14,21H,3-4,7-8,15-20H2. The van der Waals surface area contributed by atoms with Crippen molar-refractivity contribution in [2.75, 3.05) is 26.2 Å². The van der Waals surface area contributed by atoms with E-state index in [0.29, 0.717) is 5.92 Å². The minimum atomic E-state index is 0.204. The Balaban J connectivity index is 1.31. The first-order valence-corrected chi connectivity index (χ1v) is 11.7. The van der Waals surface area contributed by atoms with E-state index in [-0.39, 0.29) is 5.91 Å². The molecule has 0 bridgehead atoms. The van der Waals surface area contributed by atoms with Crippen LogP contribution in [0.5, 0.6) is 0 Å². The van der Waals surface area contributed by atoms with Crippen LogP contribution >= 0.6 is 0 Å². The van der Waals surface area contributed by atoms with Gasteiger partial charge in [-0.15, -0.1) is 0 Å². The molecule has 1 amide bonds. The second-order valence-corrected chi connectivity index (χ2v) is 9.10. The van der Waals surface area contributed by atoms with E-state index in [4.69, 9.17) is 0 Å². The number of amides is 1. The lowest BCUT2D eigenvalue weighted by atomic mass is 9.90. The number of aromatic nitrogens is 1. The number of rotatable bonds is 5. The minimum Gasteiger partial charge on any atom is -0.338 e. The predicted molar refractivity (Wildman–Crippen MR) is 125 cm³/mol. The fraction of sp³-hybridized carbons (Fsp3) is 0.407. The maximum Gasteiger partial charge on any atom is 0.254 e. The number of carbonyl (C=O) groups is 1. The van der Waals surface area contributed by atoms with Gasteiger partial charge in [-0.2, -0.15) is 0 Å². The molecule has 0 radical (unpaired) electrons. The van der Waals surface area contributed by atoms with Crippen molar-refractivity contribution in [2.45, 2.75) is 38.6 Å². The minimum absolute atomic E-state index is 0.204. The maximum absolute atomic E-state index is 13.5. The second-order valence-electron chi connectivity index (χ2n) is 9.10. The number of pyridine rings is 1. The summed E-state index contributed by atoms with van der Waals surface area (Å²) >= 11 is 0. The smallest absolute Gasteiger partial charge is 0.254 e. The van der Waals surface area contributed by atoms with E-state index in [1.807, 2.05) is 24.4 Å². The van der Waals surface area contributed by atoms with Crippen molar-refractivity contribution in [2.24, 2.45) is 5.92 Å². The third-order valence-corrected chi connectivity index (χ3v) is 6.87. The van der Waals surface area contributed by atoms with Gasteiger partial charge in [0.05, 0.1) is 5.52 Å². The highest BCUT2D eigenvalue weighted by atomic mass is 16.2. The zero-order valence-corrected chi connectivity index (χ0v) is 18.2. The number of carbonyl (C=O) groups excluding carboxylic acids is 1. The lowest BCUT2D eigenvalue weighted by Crippen LogP contribution is -2.41. The van der Waals surface area contributed by atoms with Crippen LogP contribution in [0.3, 0.4) is 0 Å². The SMILES string of the molecule is O=C(c1ccccc1CN1CCCC1)N1CCCC(Cc2cccc3cccnc23)C1. The van der Waals surface area contributed by atoms with Crippen LogP contribution in [0.15, 0.2) is 60.8 Å². The van der Waals surface area contributed by atoms with Crippen LogP contribution in [0.25, 0.3) is 10.9 Å². The van der Waals surface area contributed by atoms with E-state index >= 15 is 0 Å². The quantitative estimate of drug-likeness (QED) is 0.595. The van der Waals surface area contributed by atoms with Gasteiger partial charge in [0, 0.05) is 36.8 Å². The monoisotopic (exact) mass is 413 g/mol. The van der Waals surface area contributed by atoms with Gasteiger partial charge < -0.3 is 4.90 Å². The Hall–Kier alpha value is -2.72. The number of hydrogen-bond donors (Lipinski definition) is 0. The lowest BCUT2D eigenvalue weighted by molar-refractivity contribution is 0.0671. The molecule has 3 heterocycles. The lowest BCUT2D eigenvalue weighted by Gasteiger charge is -2.33. The molecule has 160 valence electrons. The zero-order valence-electron chi connectivity index (χ0n) is 18.2. The van der Waals surface area contributed by atoms with E-state index in [1.54, 1.807) is 0 Å². The number of para-hydroxylation sites is 1. The summed E-state index contributed by atoms with van der Waals surface area (Å²) in [5, 5.41) is 1.19. The molecular formula is C27H31N3O. The van der Waals surface area contributed by atoms with Crippen molar-refractivity contribution in [3.63, 3.8) is 0 Å². The molecule has 2 saturated heterocycles. The Labute approximate surface area is 184 Å². The number of hydrogen-bond acceptors (Lipinski definition) is 3. The van der Waals surface area contributed by atoms with Crippen LogP contribution in [0.1, 0.15) is 47.2 Å². The molecule has 0 saturated carbocycles. The molecule has 4 nitrogen and oxygen atoms in total. The Morgan fingerprint density at radius 2 is 1.71 bits per heavy atom. The third-order valence-electron chi connectivity index (χ3n) is 6.87. The van der Waals surface area contributed by atoms with Gasteiger partial charge in [0.25, 0.3) is 5.91 Å². The second kappa shape index (κ2) is 9.19. The van der Waals surface area contributed by atoms with Gasteiger partial charge in [-0.05, 0) is 74.4 Å². The van der Waals surface area contributed by atoms with E-state index in [0.717, 1.165) is 56.6 Å². The van der Waals surface area contributed by atoms with Gasteiger partial charge in [0.15, 0.2) is 0 Å². The Bertz CT molecular complexity index is 1050. The molecule has 3 aromatic rings. The number of benzene rings is 2. The van der Waals surface area contributed by atoms with Crippen molar-refractivity contribution in [3.05, 3.63) is 77.5 Å². The van der Waals surface area contributed by atoms with Gasteiger partial charge >= 0.3 is 0 Å². The van der Waals surface area contributed by atoms with Crippen LogP contribution < -0.4 is 0 Å². The first kappa shape index (κ1) is 20.2. The van der Waals surface area contributed by atoms with Gasteiger partial charge in [0.2, 0.25) is 0 Å². The number of nitrogens with zero attached hydrogens (tertiary/aromatic N) is 3.